The lowest BCUT2D eigenvalue weighted by atomic mass is 9.92. The van der Waals surface area contributed by atoms with Crippen molar-refractivity contribution in [3.05, 3.63) is 54.2 Å². The van der Waals surface area contributed by atoms with E-state index in [4.69, 9.17) is 10.5 Å². The van der Waals surface area contributed by atoms with Gasteiger partial charge < -0.3 is 25.5 Å². The van der Waals surface area contributed by atoms with E-state index in [-0.39, 0.29) is 12.1 Å². The Kier molecular flexibility index (Phi) is 4.96. The Morgan fingerprint density at radius 2 is 1.93 bits per heavy atom. The van der Waals surface area contributed by atoms with Gasteiger partial charge >= 0.3 is 0 Å². The Labute approximate surface area is 163 Å². The van der Waals surface area contributed by atoms with E-state index in [9.17, 15) is 9.90 Å². The quantitative estimate of drug-likeness (QED) is 0.633. The number of aliphatic hydroxyl groups is 1. The molecule has 1 heterocycles. The zero-order valence-electron chi connectivity index (χ0n) is 15.9. The highest BCUT2D eigenvalue weighted by Gasteiger charge is 2.21. The normalized spacial score (nSPS) is 19.5. The molecule has 1 fully saturated rings. The fourth-order valence-corrected chi connectivity index (χ4v) is 3.92. The monoisotopic (exact) mass is 379 g/mol. The predicted molar refractivity (Wildman–Crippen MR) is 110 cm³/mol. The molecule has 0 unspecified atom stereocenters. The van der Waals surface area contributed by atoms with E-state index in [0.717, 1.165) is 53.7 Å². The summed E-state index contributed by atoms with van der Waals surface area (Å²) in [5.41, 5.74) is 8.77. The van der Waals surface area contributed by atoms with Crippen LogP contribution in [0.1, 0.15) is 36.0 Å². The Bertz CT molecular complexity index is 1000. The smallest absolute Gasteiger partial charge is 0.250 e. The Balaban J connectivity index is 1.71. The number of nitrogens with two attached hydrogens (primary N) is 1. The number of aliphatic hydroxyl groups excluding tert-OH is 1. The second-order valence-electron chi connectivity index (χ2n) is 7.35. The third kappa shape index (κ3) is 3.55. The molecule has 3 aromatic rings. The van der Waals surface area contributed by atoms with Gasteiger partial charge in [0.2, 0.25) is 0 Å². The van der Waals surface area contributed by atoms with Gasteiger partial charge in [-0.1, -0.05) is 0 Å². The van der Waals surface area contributed by atoms with Gasteiger partial charge in [-0.3, -0.25) is 4.79 Å². The van der Waals surface area contributed by atoms with E-state index in [1.165, 1.54) is 0 Å². The lowest BCUT2D eigenvalue weighted by Crippen LogP contribution is -2.29. The van der Waals surface area contributed by atoms with Crippen LogP contribution in [-0.2, 0) is 0 Å². The van der Waals surface area contributed by atoms with Crippen LogP contribution in [0.4, 0.5) is 5.69 Å². The summed E-state index contributed by atoms with van der Waals surface area (Å²) in [6.45, 7) is 0. The van der Waals surface area contributed by atoms with Gasteiger partial charge in [0.15, 0.2) is 0 Å². The number of hydrogen-bond acceptors (Lipinski definition) is 4. The number of hydrogen-bond donors (Lipinski definition) is 3. The van der Waals surface area contributed by atoms with Crippen molar-refractivity contribution in [1.29, 1.82) is 0 Å². The van der Waals surface area contributed by atoms with Gasteiger partial charge in [-0.05, 0) is 62.1 Å². The van der Waals surface area contributed by atoms with Crippen molar-refractivity contribution in [1.82, 2.24) is 4.57 Å². The SMILES string of the molecule is COc1ccc2ccn(-c3ccc(C(N)=O)c(N[C@H]4CC[C@H](O)CC4)c3)c2c1. The number of methoxy groups -OCH3 is 1. The van der Waals surface area contributed by atoms with Crippen LogP contribution >= 0.6 is 0 Å². The number of nitrogens with one attached hydrogen (secondary N) is 1. The van der Waals surface area contributed by atoms with Crippen molar-refractivity contribution in [2.24, 2.45) is 5.73 Å². The Morgan fingerprint density at radius 3 is 2.64 bits per heavy atom. The number of nitrogens with zero attached hydrogens (tertiary/aromatic N) is 1. The third-order valence-electron chi connectivity index (χ3n) is 5.50. The number of carbonyl (C=O) groups is 1. The molecule has 0 atom stereocenters. The van der Waals surface area contributed by atoms with Crippen LogP contribution in [0.2, 0.25) is 0 Å². The van der Waals surface area contributed by atoms with Crippen LogP contribution in [0.25, 0.3) is 16.6 Å². The number of amides is 1. The van der Waals surface area contributed by atoms with Gasteiger partial charge in [0.05, 0.1) is 24.3 Å². The first kappa shape index (κ1) is 18.4. The molecule has 4 rings (SSSR count). The van der Waals surface area contributed by atoms with Gasteiger partial charge in [0.25, 0.3) is 5.91 Å². The van der Waals surface area contributed by atoms with Gasteiger partial charge in [-0.15, -0.1) is 0 Å². The van der Waals surface area contributed by atoms with Crippen LogP contribution < -0.4 is 15.8 Å². The second-order valence-corrected chi connectivity index (χ2v) is 7.35. The molecule has 0 bridgehead atoms. The number of anilines is 1. The van der Waals surface area contributed by atoms with Crippen LogP contribution in [0.3, 0.4) is 0 Å². The number of benzene rings is 2. The minimum absolute atomic E-state index is 0.221. The largest absolute Gasteiger partial charge is 0.497 e. The second kappa shape index (κ2) is 7.56. The lowest BCUT2D eigenvalue weighted by molar-refractivity contribution is 0.100. The fourth-order valence-electron chi connectivity index (χ4n) is 3.92. The van der Waals surface area contributed by atoms with Crippen molar-refractivity contribution >= 4 is 22.5 Å². The standard InChI is InChI=1S/C22H25N3O3/c1-28-18-8-2-14-10-11-25(21(14)13-18)16-5-9-19(22(23)27)20(12-16)24-15-3-6-17(26)7-4-15/h2,5,8-13,15,17,24,26H,3-4,6-7H2,1H3,(H2,23,27)/t15-,17-. The first-order valence-corrected chi connectivity index (χ1v) is 9.59. The fraction of sp³-hybridized carbons (Fsp3) is 0.318. The Hall–Kier alpha value is -2.99. The molecule has 1 aliphatic rings. The van der Waals surface area contributed by atoms with E-state index in [1.807, 2.05) is 42.6 Å². The number of aromatic nitrogens is 1. The van der Waals surface area contributed by atoms with E-state index in [0.29, 0.717) is 5.56 Å². The summed E-state index contributed by atoms with van der Waals surface area (Å²) in [4.78, 5) is 11.9. The van der Waals surface area contributed by atoms with Crippen LogP contribution in [0, 0.1) is 0 Å². The molecule has 2 aromatic carbocycles. The number of fused-ring (bicyclic) bond motifs is 1. The molecule has 0 radical (unpaired) electrons. The lowest BCUT2D eigenvalue weighted by Gasteiger charge is -2.28. The summed E-state index contributed by atoms with van der Waals surface area (Å²) in [6, 6.07) is 13.8. The molecule has 0 aliphatic heterocycles. The van der Waals surface area contributed by atoms with Crippen molar-refractivity contribution < 1.29 is 14.6 Å². The van der Waals surface area contributed by atoms with Gasteiger partial charge in [-0.25, -0.2) is 0 Å². The maximum Gasteiger partial charge on any atom is 0.250 e. The molecular formula is C22H25N3O3. The minimum Gasteiger partial charge on any atom is -0.497 e. The van der Waals surface area contributed by atoms with Crippen LogP contribution in [0.5, 0.6) is 5.75 Å². The molecule has 6 heteroatoms. The molecule has 1 amide bonds. The minimum atomic E-state index is -0.455. The van der Waals surface area contributed by atoms with Crippen molar-refractivity contribution in [3.63, 3.8) is 0 Å². The van der Waals surface area contributed by atoms with E-state index in [1.54, 1.807) is 13.2 Å². The summed E-state index contributed by atoms with van der Waals surface area (Å²) < 4.78 is 7.43. The van der Waals surface area contributed by atoms with Gasteiger partial charge in [0.1, 0.15) is 5.75 Å². The van der Waals surface area contributed by atoms with E-state index >= 15 is 0 Å². The zero-order valence-corrected chi connectivity index (χ0v) is 15.9. The highest BCUT2D eigenvalue weighted by molar-refractivity contribution is 5.99. The van der Waals surface area contributed by atoms with Crippen molar-refractivity contribution in [2.75, 3.05) is 12.4 Å². The van der Waals surface area contributed by atoms with Crippen LogP contribution in [-0.4, -0.2) is 34.8 Å². The maximum atomic E-state index is 11.9. The molecule has 28 heavy (non-hydrogen) atoms. The predicted octanol–water partition coefficient (Wildman–Crippen LogP) is 3.45. The Morgan fingerprint density at radius 1 is 1.14 bits per heavy atom. The van der Waals surface area contributed by atoms with Gasteiger partial charge in [0, 0.05) is 35.1 Å². The average Bonchev–Trinajstić information content (AvgIpc) is 3.12. The van der Waals surface area contributed by atoms with E-state index < -0.39 is 5.91 Å². The molecule has 0 spiro atoms. The molecule has 0 saturated heterocycles. The average molecular weight is 379 g/mol. The molecule has 1 aromatic heterocycles. The first-order valence-electron chi connectivity index (χ1n) is 9.59. The molecule has 1 saturated carbocycles. The topological polar surface area (TPSA) is 89.5 Å². The number of primary amides is 1. The first-order chi connectivity index (χ1) is 13.5. The van der Waals surface area contributed by atoms with Gasteiger partial charge in [-0.2, -0.15) is 0 Å². The zero-order chi connectivity index (χ0) is 19.7. The number of rotatable bonds is 5. The highest BCUT2D eigenvalue weighted by atomic mass is 16.5. The third-order valence-corrected chi connectivity index (χ3v) is 5.50. The molecule has 6 nitrogen and oxygen atoms in total. The molecule has 1 aliphatic carbocycles. The highest BCUT2D eigenvalue weighted by Crippen LogP contribution is 2.29. The maximum absolute atomic E-state index is 11.9. The molecule has 4 N–H and O–H groups in total. The summed E-state index contributed by atoms with van der Waals surface area (Å²) in [7, 11) is 1.65. The summed E-state index contributed by atoms with van der Waals surface area (Å²) >= 11 is 0. The number of carbonyl (C=O) groups excluding carboxylic acids is 1. The molecular weight excluding hydrogens is 354 g/mol. The van der Waals surface area contributed by atoms with Crippen molar-refractivity contribution in [2.45, 2.75) is 37.8 Å². The van der Waals surface area contributed by atoms with Crippen molar-refractivity contribution in [3.8, 4) is 11.4 Å². The summed E-state index contributed by atoms with van der Waals surface area (Å²) in [6.07, 6.45) is 5.06. The molecule has 146 valence electrons. The van der Waals surface area contributed by atoms with E-state index in [2.05, 4.69) is 9.88 Å². The van der Waals surface area contributed by atoms with Crippen LogP contribution in [0.15, 0.2) is 48.7 Å². The number of ether oxygens (including phenoxy) is 1. The summed E-state index contributed by atoms with van der Waals surface area (Å²) in [5, 5.41) is 14.3. The summed E-state index contributed by atoms with van der Waals surface area (Å²) in [5.74, 6) is 0.337.